The van der Waals surface area contributed by atoms with E-state index in [1.807, 2.05) is 0 Å². The maximum atomic E-state index is 12.2. The second kappa shape index (κ2) is 5.79. The van der Waals surface area contributed by atoms with Gasteiger partial charge in [0, 0.05) is 6.20 Å². The van der Waals surface area contributed by atoms with Crippen LogP contribution in [0.5, 0.6) is 11.8 Å². The molecular weight excluding hydrogens is 298 g/mol. The Hall–Kier alpha value is -2.62. The molecule has 0 bridgehead atoms. The molecule has 0 fully saturated rings. The highest BCUT2D eigenvalue weighted by atomic mass is 32.2. The number of hydrogen-bond donors (Lipinski definition) is 2. The number of nitrogens with one attached hydrogen (secondary N) is 1. The van der Waals surface area contributed by atoms with Crippen LogP contribution in [-0.4, -0.2) is 37.6 Å². The first-order chi connectivity index (χ1) is 9.96. The molecule has 0 spiro atoms. The number of pyridine rings is 1. The minimum absolute atomic E-state index is 0.125. The van der Waals surface area contributed by atoms with Crippen LogP contribution in [-0.2, 0) is 10.0 Å². The molecule has 0 aliphatic rings. The van der Waals surface area contributed by atoms with Gasteiger partial charge in [0.05, 0.1) is 20.3 Å². The van der Waals surface area contributed by atoms with Crippen LogP contribution in [0.25, 0.3) is 0 Å². The Balaban J connectivity index is 2.39. The van der Waals surface area contributed by atoms with Crippen LogP contribution < -0.4 is 19.9 Å². The van der Waals surface area contributed by atoms with E-state index in [0.29, 0.717) is 0 Å². The number of nitrogens with two attached hydrogens (primary N) is 1. The summed E-state index contributed by atoms with van der Waals surface area (Å²) in [7, 11) is -1.19. The fourth-order valence-electron chi connectivity index (χ4n) is 1.46. The summed E-state index contributed by atoms with van der Waals surface area (Å²) in [5.74, 6) is -0.0215. The minimum atomic E-state index is -3.97. The lowest BCUT2D eigenvalue weighted by molar-refractivity contribution is 0.373. The van der Waals surface area contributed by atoms with Crippen molar-refractivity contribution in [3.05, 3.63) is 24.4 Å². The number of sulfonamides is 1. The predicted molar refractivity (Wildman–Crippen MR) is 74.6 cm³/mol. The Morgan fingerprint density at radius 2 is 1.81 bits per heavy atom. The lowest BCUT2D eigenvalue weighted by Crippen LogP contribution is -2.17. The molecule has 0 aliphatic heterocycles. The third-order valence-electron chi connectivity index (χ3n) is 2.41. The summed E-state index contributed by atoms with van der Waals surface area (Å²) < 4.78 is 36.5. The van der Waals surface area contributed by atoms with Crippen molar-refractivity contribution >= 4 is 21.8 Å². The van der Waals surface area contributed by atoms with Crippen molar-refractivity contribution in [3.63, 3.8) is 0 Å². The van der Waals surface area contributed by atoms with Crippen LogP contribution in [0, 0.1) is 0 Å². The molecule has 21 heavy (non-hydrogen) atoms. The van der Waals surface area contributed by atoms with E-state index < -0.39 is 10.0 Å². The van der Waals surface area contributed by atoms with Crippen molar-refractivity contribution in [2.75, 3.05) is 24.7 Å². The molecule has 0 atom stereocenters. The summed E-state index contributed by atoms with van der Waals surface area (Å²) in [6.45, 7) is 0. The molecule has 0 saturated heterocycles. The Labute approximate surface area is 121 Å². The van der Waals surface area contributed by atoms with Crippen LogP contribution in [0.4, 0.5) is 11.8 Å². The summed E-state index contributed by atoms with van der Waals surface area (Å²) in [5, 5.41) is 0. The topological polar surface area (TPSA) is 129 Å². The van der Waals surface area contributed by atoms with E-state index in [4.69, 9.17) is 15.2 Å². The molecule has 0 unspecified atom stereocenters. The van der Waals surface area contributed by atoms with Gasteiger partial charge in [-0.2, -0.15) is 9.97 Å². The zero-order valence-corrected chi connectivity index (χ0v) is 12.1. The number of nitrogen functional groups attached to an aromatic ring is 1. The van der Waals surface area contributed by atoms with Crippen molar-refractivity contribution in [1.29, 1.82) is 0 Å². The van der Waals surface area contributed by atoms with E-state index in [1.165, 1.54) is 38.6 Å². The number of nitrogens with zero attached hydrogens (tertiary/aromatic N) is 3. The standard InChI is InChI=1S/C11H13N5O4S/c1-19-8-6-9(20-2)15-11(14-8)16-21(17,18)7-4-3-5-13-10(7)12/h3-6H,1-2H3,(H2,12,13)(H,14,15,16). The summed E-state index contributed by atoms with van der Waals surface area (Å²) in [6.07, 6.45) is 1.39. The third kappa shape index (κ3) is 3.28. The Bertz CT molecular complexity index is 728. The normalized spacial score (nSPS) is 11.0. The van der Waals surface area contributed by atoms with Crippen molar-refractivity contribution < 1.29 is 17.9 Å². The SMILES string of the molecule is COc1cc(OC)nc(NS(=O)(=O)c2cccnc2N)n1. The smallest absolute Gasteiger partial charge is 0.267 e. The monoisotopic (exact) mass is 311 g/mol. The lowest BCUT2D eigenvalue weighted by Gasteiger charge is -2.10. The zero-order chi connectivity index (χ0) is 15.5. The van der Waals surface area contributed by atoms with Gasteiger partial charge in [0.1, 0.15) is 10.7 Å². The summed E-state index contributed by atoms with van der Waals surface area (Å²) >= 11 is 0. The number of anilines is 2. The van der Waals surface area contributed by atoms with Gasteiger partial charge in [0.2, 0.25) is 17.7 Å². The highest BCUT2D eigenvalue weighted by Crippen LogP contribution is 2.21. The van der Waals surface area contributed by atoms with Crippen molar-refractivity contribution in [2.45, 2.75) is 4.90 Å². The molecule has 0 saturated carbocycles. The fraction of sp³-hybridized carbons (Fsp3) is 0.182. The van der Waals surface area contributed by atoms with Gasteiger partial charge < -0.3 is 15.2 Å². The maximum Gasteiger partial charge on any atom is 0.267 e. The Kier molecular flexibility index (Phi) is 4.08. The average molecular weight is 311 g/mol. The average Bonchev–Trinajstić information content (AvgIpc) is 2.46. The molecule has 2 aromatic rings. The molecule has 2 rings (SSSR count). The molecule has 9 nitrogen and oxygen atoms in total. The van der Waals surface area contributed by atoms with Gasteiger partial charge in [-0.3, -0.25) is 0 Å². The van der Waals surface area contributed by atoms with Crippen LogP contribution >= 0.6 is 0 Å². The van der Waals surface area contributed by atoms with Gasteiger partial charge >= 0.3 is 0 Å². The highest BCUT2D eigenvalue weighted by molar-refractivity contribution is 7.92. The quantitative estimate of drug-likeness (QED) is 0.805. The molecular formula is C11H13N5O4S. The molecule has 0 aliphatic carbocycles. The van der Waals surface area contributed by atoms with E-state index in [2.05, 4.69) is 19.7 Å². The third-order valence-corrected chi connectivity index (χ3v) is 3.79. The molecule has 0 aromatic carbocycles. The van der Waals surface area contributed by atoms with Crippen LogP contribution in [0.15, 0.2) is 29.3 Å². The van der Waals surface area contributed by atoms with Crippen LogP contribution in [0.1, 0.15) is 0 Å². The van der Waals surface area contributed by atoms with E-state index in [1.54, 1.807) is 0 Å². The molecule has 2 heterocycles. The van der Waals surface area contributed by atoms with Gasteiger partial charge in [-0.05, 0) is 12.1 Å². The van der Waals surface area contributed by atoms with E-state index in [-0.39, 0.29) is 28.4 Å². The summed E-state index contributed by atoms with van der Waals surface area (Å²) in [6, 6.07) is 4.19. The molecule has 112 valence electrons. The first-order valence-corrected chi connectivity index (χ1v) is 7.15. The zero-order valence-electron chi connectivity index (χ0n) is 11.3. The van der Waals surface area contributed by atoms with Gasteiger partial charge in [-0.25, -0.2) is 18.1 Å². The molecule has 3 N–H and O–H groups in total. The molecule has 2 aromatic heterocycles. The highest BCUT2D eigenvalue weighted by Gasteiger charge is 2.20. The van der Waals surface area contributed by atoms with E-state index in [0.717, 1.165) is 0 Å². The fourth-order valence-corrected chi connectivity index (χ4v) is 2.49. The lowest BCUT2D eigenvalue weighted by atomic mass is 10.5. The van der Waals surface area contributed by atoms with Crippen molar-refractivity contribution in [2.24, 2.45) is 0 Å². The largest absolute Gasteiger partial charge is 0.481 e. The number of aromatic nitrogens is 3. The summed E-state index contributed by atoms with van der Waals surface area (Å²) in [4.78, 5) is 11.3. The van der Waals surface area contributed by atoms with Gasteiger partial charge in [-0.1, -0.05) is 0 Å². The van der Waals surface area contributed by atoms with E-state index >= 15 is 0 Å². The van der Waals surface area contributed by atoms with Crippen LogP contribution in [0.3, 0.4) is 0 Å². The van der Waals surface area contributed by atoms with Crippen molar-refractivity contribution in [1.82, 2.24) is 15.0 Å². The number of rotatable bonds is 5. The van der Waals surface area contributed by atoms with Crippen LogP contribution in [0.2, 0.25) is 0 Å². The molecule has 0 amide bonds. The first-order valence-electron chi connectivity index (χ1n) is 5.66. The Morgan fingerprint density at radius 3 is 2.33 bits per heavy atom. The van der Waals surface area contributed by atoms with Gasteiger partial charge in [0.25, 0.3) is 10.0 Å². The number of methoxy groups -OCH3 is 2. The Morgan fingerprint density at radius 1 is 1.19 bits per heavy atom. The predicted octanol–water partition coefficient (Wildman–Crippen LogP) is 0.272. The van der Waals surface area contributed by atoms with Gasteiger partial charge in [-0.15, -0.1) is 0 Å². The second-order valence-corrected chi connectivity index (χ2v) is 5.42. The first kappa shape index (κ1) is 14.8. The number of ether oxygens (including phenoxy) is 2. The molecule has 10 heteroatoms. The molecule has 0 radical (unpaired) electrons. The second-order valence-electron chi connectivity index (χ2n) is 3.77. The van der Waals surface area contributed by atoms with E-state index in [9.17, 15) is 8.42 Å². The van der Waals surface area contributed by atoms with Gasteiger partial charge in [0.15, 0.2) is 0 Å². The summed E-state index contributed by atoms with van der Waals surface area (Å²) in [5.41, 5.74) is 5.55. The maximum absolute atomic E-state index is 12.2. The minimum Gasteiger partial charge on any atom is -0.481 e. The van der Waals surface area contributed by atoms with Crippen molar-refractivity contribution in [3.8, 4) is 11.8 Å². The number of hydrogen-bond acceptors (Lipinski definition) is 8.